The second-order valence-corrected chi connectivity index (χ2v) is 8.58. The lowest BCUT2D eigenvalue weighted by Crippen LogP contribution is -3.12. The third-order valence-corrected chi connectivity index (χ3v) is 6.34. The molecular weight excluding hydrogens is 358 g/mol. The average Bonchev–Trinajstić information content (AvgIpc) is 3.17. The quantitative estimate of drug-likeness (QED) is 0.706. The predicted octanol–water partition coefficient (Wildman–Crippen LogP) is 3.71. The lowest BCUT2D eigenvalue weighted by atomic mass is 10.1. The SMILES string of the molecule is Cc1ccccc1NC(=S)N(CCC[NH+]1CCCCC1)Cc1cccs1. The molecule has 0 atom stereocenters. The summed E-state index contributed by atoms with van der Waals surface area (Å²) in [6.07, 6.45) is 5.39. The van der Waals surface area contributed by atoms with Gasteiger partial charge in [-0.25, -0.2) is 0 Å². The number of hydrogen-bond donors (Lipinski definition) is 2. The molecule has 0 amide bonds. The fourth-order valence-corrected chi connectivity index (χ4v) is 4.56. The van der Waals surface area contributed by atoms with E-state index < -0.39 is 0 Å². The summed E-state index contributed by atoms with van der Waals surface area (Å²) in [5, 5.41) is 6.44. The zero-order chi connectivity index (χ0) is 18.2. The molecule has 140 valence electrons. The first-order chi connectivity index (χ1) is 12.7. The molecule has 2 N–H and O–H groups in total. The molecule has 3 nitrogen and oxygen atoms in total. The van der Waals surface area contributed by atoms with Crippen LogP contribution in [0.2, 0.25) is 0 Å². The molecule has 1 fully saturated rings. The van der Waals surface area contributed by atoms with E-state index in [1.54, 1.807) is 16.2 Å². The largest absolute Gasteiger partial charge is 0.344 e. The molecule has 0 aliphatic carbocycles. The van der Waals surface area contributed by atoms with Crippen molar-refractivity contribution in [2.24, 2.45) is 0 Å². The fraction of sp³-hybridized carbons (Fsp3) is 0.476. The number of aryl methyl sites for hydroxylation is 1. The second-order valence-electron chi connectivity index (χ2n) is 7.16. The molecule has 0 unspecified atom stereocenters. The molecule has 0 radical (unpaired) electrons. The minimum absolute atomic E-state index is 0.835. The smallest absolute Gasteiger partial charge is 0.173 e. The van der Waals surface area contributed by atoms with Crippen LogP contribution in [0.1, 0.15) is 36.1 Å². The van der Waals surface area contributed by atoms with Gasteiger partial charge >= 0.3 is 0 Å². The highest BCUT2D eigenvalue weighted by Gasteiger charge is 2.16. The number of anilines is 1. The Morgan fingerprint density at radius 1 is 1.15 bits per heavy atom. The molecule has 0 saturated carbocycles. The molecule has 2 aromatic rings. The van der Waals surface area contributed by atoms with Crippen LogP contribution in [0.5, 0.6) is 0 Å². The highest BCUT2D eigenvalue weighted by molar-refractivity contribution is 7.80. The van der Waals surface area contributed by atoms with Gasteiger partial charge in [-0.15, -0.1) is 11.3 Å². The first kappa shape index (κ1) is 19.3. The second kappa shape index (κ2) is 10.0. The Bertz CT molecular complexity index is 678. The van der Waals surface area contributed by atoms with E-state index in [1.165, 1.54) is 55.8 Å². The number of para-hydroxylation sites is 1. The molecule has 0 bridgehead atoms. The maximum atomic E-state index is 5.77. The maximum Gasteiger partial charge on any atom is 0.173 e. The van der Waals surface area contributed by atoms with Gasteiger partial charge in [-0.3, -0.25) is 0 Å². The van der Waals surface area contributed by atoms with Crippen molar-refractivity contribution in [1.29, 1.82) is 0 Å². The van der Waals surface area contributed by atoms with E-state index >= 15 is 0 Å². The van der Waals surface area contributed by atoms with Crippen molar-refractivity contribution in [2.75, 3.05) is 31.5 Å². The zero-order valence-electron chi connectivity index (χ0n) is 15.7. The molecule has 2 heterocycles. The average molecular weight is 389 g/mol. The van der Waals surface area contributed by atoms with Crippen LogP contribution in [0.25, 0.3) is 0 Å². The Morgan fingerprint density at radius 2 is 1.96 bits per heavy atom. The van der Waals surface area contributed by atoms with Gasteiger partial charge in [0.2, 0.25) is 0 Å². The summed E-state index contributed by atoms with van der Waals surface area (Å²) >= 11 is 7.58. The number of rotatable bonds is 7. The first-order valence-corrected chi connectivity index (χ1v) is 11.0. The Hall–Kier alpha value is -1.43. The molecule has 1 saturated heterocycles. The Kier molecular flexibility index (Phi) is 7.47. The summed E-state index contributed by atoms with van der Waals surface area (Å²) in [6.45, 7) is 7.97. The van der Waals surface area contributed by atoms with Gasteiger partial charge in [0.25, 0.3) is 0 Å². The van der Waals surface area contributed by atoms with Crippen molar-refractivity contribution in [3.05, 3.63) is 52.2 Å². The molecule has 1 aliphatic heterocycles. The summed E-state index contributed by atoms with van der Waals surface area (Å²) < 4.78 is 0. The highest BCUT2D eigenvalue weighted by Crippen LogP contribution is 2.17. The van der Waals surface area contributed by atoms with E-state index in [2.05, 4.69) is 58.9 Å². The lowest BCUT2D eigenvalue weighted by Gasteiger charge is -2.28. The molecule has 26 heavy (non-hydrogen) atoms. The van der Waals surface area contributed by atoms with Crippen LogP contribution in [-0.4, -0.2) is 36.2 Å². The van der Waals surface area contributed by atoms with E-state index in [0.717, 1.165) is 23.9 Å². The van der Waals surface area contributed by atoms with Gasteiger partial charge in [0.05, 0.1) is 26.2 Å². The molecule has 3 rings (SSSR count). The summed E-state index contributed by atoms with van der Waals surface area (Å²) in [5.74, 6) is 0. The predicted molar refractivity (Wildman–Crippen MR) is 116 cm³/mol. The molecule has 5 heteroatoms. The number of thiophene rings is 1. The lowest BCUT2D eigenvalue weighted by molar-refractivity contribution is -0.905. The molecule has 1 aliphatic rings. The van der Waals surface area contributed by atoms with Crippen LogP contribution >= 0.6 is 23.6 Å². The molecule has 0 spiro atoms. The van der Waals surface area contributed by atoms with Crippen molar-refractivity contribution in [2.45, 2.75) is 39.2 Å². The first-order valence-electron chi connectivity index (χ1n) is 9.70. The summed E-state index contributed by atoms with van der Waals surface area (Å²) in [5.41, 5.74) is 2.33. The van der Waals surface area contributed by atoms with Crippen molar-refractivity contribution in [3.8, 4) is 0 Å². The van der Waals surface area contributed by atoms with E-state index in [0.29, 0.717) is 0 Å². The van der Waals surface area contributed by atoms with E-state index in [4.69, 9.17) is 12.2 Å². The summed E-state index contributed by atoms with van der Waals surface area (Å²) in [6, 6.07) is 12.7. The van der Waals surface area contributed by atoms with Crippen LogP contribution in [-0.2, 0) is 6.54 Å². The normalized spacial score (nSPS) is 15.0. The van der Waals surface area contributed by atoms with Crippen LogP contribution < -0.4 is 10.2 Å². The van der Waals surface area contributed by atoms with Gasteiger partial charge in [0.1, 0.15) is 0 Å². The van der Waals surface area contributed by atoms with Crippen LogP contribution in [0.3, 0.4) is 0 Å². The number of likely N-dealkylation sites (tertiary alicyclic amines) is 1. The van der Waals surface area contributed by atoms with Crippen LogP contribution in [0, 0.1) is 6.92 Å². The van der Waals surface area contributed by atoms with Crippen molar-refractivity contribution >= 4 is 34.4 Å². The van der Waals surface area contributed by atoms with Gasteiger partial charge < -0.3 is 15.1 Å². The van der Waals surface area contributed by atoms with Crippen LogP contribution in [0.4, 0.5) is 5.69 Å². The van der Waals surface area contributed by atoms with Gasteiger partial charge in [-0.05, 0) is 61.5 Å². The number of benzene rings is 1. The number of quaternary nitrogens is 1. The van der Waals surface area contributed by atoms with Crippen molar-refractivity contribution in [1.82, 2.24) is 4.90 Å². The molecule has 1 aromatic heterocycles. The number of piperidine rings is 1. The van der Waals surface area contributed by atoms with Crippen molar-refractivity contribution in [3.63, 3.8) is 0 Å². The molecular formula is C21H30N3S2+. The van der Waals surface area contributed by atoms with E-state index in [9.17, 15) is 0 Å². The summed E-state index contributed by atoms with van der Waals surface area (Å²) in [7, 11) is 0. The Labute approximate surface area is 167 Å². The van der Waals surface area contributed by atoms with Gasteiger partial charge in [0.15, 0.2) is 5.11 Å². The molecule has 1 aromatic carbocycles. The van der Waals surface area contributed by atoms with E-state index in [-0.39, 0.29) is 0 Å². The van der Waals surface area contributed by atoms with Crippen molar-refractivity contribution < 1.29 is 4.90 Å². The Morgan fingerprint density at radius 3 is 2.69 bits per heavy atom. The van der Waals surface area contributed by atoms with Crippen LogP contribution in [0.15, 0.2) is 41.8 Å². The number of thiocarbonyl (C=S) groups is 1. The standard InChI is InChI=1S/C21H29N3S2/c1-18-9-3-4-11-20(18)22-21(25)24(17-19-10-7-16-26-19)15-8-14-23-12-5-2-6-13-23/h3-4,7,9-11,16H,2,5-6,8,12-15,17H2,1H3,(H,22,25)/p+1. The number of hydrogen-bond acceptors (Lipinski definition) is 2. The Balaban J connectivity index is 1.58. The zero-order valence-corrected chi connectivity index (χ0v) is 17.3. The third-order valence-electron chi connectivity index (χ3n) is 5.12. The van der Waals surface area contributed by atoms with Gasteiger partial charge in [0, 0.05) is 23.5 Å². The minimum atomic E-state index is 0.835. The maximum absolute atomic E-state index is 5.77. The summed E-state index contributed by atoms with van der Waals surface area (Å²) in [4.78, 5) is 5.46. The monoisotopic (exact) mass is 388 g/mol. The van der Waals surface area contributed by atoms with Gasteiger partial charge in [-0.2, -0.15) is 0 Å². The number of nitrogens with zero attached hydrogens (tertiary/aromatic N) is 1. The van der Waals surface area contributed by atoms with Gasteiger partial charge in [-0.1, -0.05) is 24.3 Å². The fourth-order valence-electron chi connectivity index (χ4n) is 3.57. The third kappa shape index (κ3) is 5.79. The number of nitrogens with one attached hydrogen (secondary N) is 2. The highest BCUT2D eigenvalue weighted by atomic mass is 32.1. The minimum Gasteiger partial charge on any atom is -0.344 e. The van der Waals surface area contributed by atoms with E-state index in [1.807, 2.05) is 0 Å². The topological polar surface area (TPSA) is 19.7 Å².